The third-order valence-electron chi connectivity index (χ3n) is 5.17. The minimum atomic E-state index is 0.398. The lowest BCUT2D eigenvalue weighted by molar-refractivity contribution is 0.112. The van der Waals surface area contributed by atoms with Gasteiger partial charge in [0.2, 0.25) is 0 Å². The van der Waals surface area contributed by atoms with Gasteiger partial charge in [0.05, 0.1) is 10.2 Å². The van der Waals surface area contributed by atoms with E-state index in [0.29, 0.717) is 12.1 Å². The highest BCUT2D eigenvalue weighted by molar-refractivity contribution is 14.1. The number of benzene rings is 2. The van der Waals surface area contributed by atoms with Crippen molar-refractivity contribution in [3.8, 4) is 0 Å². The molecule has 0 aliphatic carbocycles. The molecule has 1 saturated heterocycles. The molecule has 3 aromatic rings. The van der Waals surface area contributed by atoms with E-state index in [1.54, 1.807) is 11.3 Å². The summed E-state index contributed by atoms with van der Waals surface area (Å²) in [6, 6.07) is 15.2. The molecule has 0 radical (unpaired) electrons. The second-order valence-corrected chi connectivity index (χ2v) is 9.51. The minimum Gasteiger partial charge on any atom is -0.343 e. The van der Waals surface area contributed by atoms with Crippen LogP contribution in [0.1, 0.15) is 29.8 Å². The van der Waals surface area contributed by atoms with Crippen LogP contribution in [0, 0.1) is 3.57 Å². The van der Waals surface area contributed by atoms with E-state index in [9.17, 15) is 4.79 Å². The number of hydrogen-bond donors (Lipinski definition) is 0. The Bertz CT molecular complexity index is 973. The largest absolute Gasteiger partial charge is 0.343 e. The summed E-state index contributed by atoms with van der Waals surface area (Å²) in [6.45, 7) is 7.37. The molecule has 0 amide bonds. The van der Waals surface area contributed by atoms with Gasteiger partial charge in [0, 0.05) is 40.9 Å². The van der Waals surface area contributed by atoms with Gasteiger partial charge in [-0.2, -0.15) is 0 Å². The summed E-state index contributed by atoms with van der Waals surface area (Å²) in [5, 5.41) is 1.12. The molecule has 6 heteroatoms. The zero-order valence-corrected chi connectivity index (χ0v) is 18.4. The Morgan fingerprint density at radius 1 is 1.19 bits per heavy atom. The highest BCUT2D eigenvalue weighted by Gasteiger charge is 2.30. The number of piperazine rings is 1. The van der Waals surface area contributed by atoms with E-state index < -0.39 is 0 Å². The summed E-state index contributed by atoms with van der Waals surface area (Å²) in [4.78, 5) is 20.9. The molecule has 0 spiro atoms. The zero-order valence-electron chi connectivity index (χ0n) is 15.4. The van der Waals surface area contributed by atoms with Gasteiger partial charge in [0.15, 0.2) is 5.13 Å². The third-order valence-corrected chi connectivity index (χ3v) is 6.90. The Hall–Kier alpha value is -1.51. The summed E-state index contributed by atoms with van der Waals surface area (Å²) in [7, 11) is 0. The van der Waals surface area contributed by atoms with Crippen molar-refractivity contribution in [2.24, 2.45) is 0 Å². The van der Waals surface area contributed by atoms with Crippen molar-refractivity contribution in [1.29, 1.82) is 0 Å². The second kappa shape index (κ2) is 7.85. The number of hydrogen-bond acceptors (Lipinski definition) is 5. The van der Waals surface area contributed by atoms with Gasteiger partial charge in [0.1, 0.15) is 6.29 Å². The number of thiazole rings is 1. The summed E-state index contributed by atoms with van der Waals surface area (Å²) in [5.74, 6) is 0. The van der Waals surface area contributed by atoms with Gasteiger partial charge in [-0.25, -0.2) is 4.98 Å². The molecule has 0 bridgehead atoms. The number of anilines is 1. The SMILES string of the molecule is CC1CN(c2nc3ccc(I)cc3s2)C(C)CN1Cc1cccc(C=O)c1. The van der Waals surface area contributed by atoms with Crippen LogP contribution in [-0.2, 0) is 6.54 Å². The van der Waals surface area contributed by atoms with Crippen molar-refractivity contribution < 1.29 is 4.79 Å². The first-order chi connectivity index (χ1) is 13.0. The molecule has 2 unspecified atom stereocenters. The van der Waals surface area contributed by atoms with Gasteiger partial charge >= 0.3 is 0 Å². The molecule has 1 aliphatic rings. The average molecular weight is 491 g/mol. The lowest BCUT2D eigenvalue weighted by Crippen LogP contribution is -2.56. The smallest absolute Gasteiger partial charge is 0.186 e. The van der Waals surface area contributed by atoms with Gasteiger partial charge in [-0.1, -0.05) is 29.5 Å². The number of rotatable bonds is 4. The number of fused-ring (bicyclic) bond motifs is 1. The van der Waals surface area contributed by atoms with E-state index in [-0.39, 0.29) is 0 Å². The van der Waals surface area contributed by atoms with Crippen LogP contribution in [0.4, 0.5) is 5.13 Å². The Labute approximate surface area is 177 Å². The van der Waals surface area contributed by atoms with Crippen molar-refractivity contribution in [1.82, 2.24) is 9.88 Å². The maximum Gasteiger partial charge on any atom is 0.186 e. The van der Waals surface area contributed by atoms with Crippen LogP contribution in [0.5, 0.6) is 0 Å². The predicted octanol–water partition coefficient (Wildman–Crippen LogP) is 4.81. The van der Waals surface area contributed by atoms with Crippen LogP contribution in [0.15, 0.2) is 42.5 Å². The highest BCUT2D eigenvalue weighted by atomic mass is 127. The molecule has 1 fully saturated rings. The molecule has 2 heterocycles. The van der Waals surface area contributed by atoms with E-state index >= 15 is 0 Å². The zero-order chi connectivity index (χ0) is 19.0. The molecule has 140 valence electrons. The first-order valence-electron chi connectivity index (χ1n) is 9.14. The predicted molar refractivity (Wildman–Crippen MR) is 121 cm³/mol. The lowest BCUT2D eigenvalue weighted by atomic mass is 10.1. The van der Waals surface area contributed by atoms with Gasteiger partial charge in [-0.15, -0.1) is 0 Å². The van der Waals surface area contributed by atoms with E-state index in [0.717, 1.165) is 42.1 Å². The van der Waals surface area contributed by atoms with Crippen LogP contribution in [-0.4, -0.2) is 41.3 Å². The second-order valence-electron chi connectivity index (χ2n) is 7.25. The molecule has 1 aliphatic heterocycles. The van der Waals surface area contributed by atoms with Crippen LogP contribution in [0.3, 0.4) is 0 Å². The number of carbonyl (C=O) groups is 1. The van der Waals surface area contributed by atoms with Crippen LogP contribution in [0.2, 0.25) is 0 Å². The molecule has 1 aromatic heterocycles. The maximum atomic E-state index is 11.0. The monoisotopic (exact) mass is 491 g/mol. The lowest BCUT2D eigenvalue weighted by Gasteiger charge is -2.44. The summed E-state index contributed by atoms with van der Waals surface area (Å²) in [6.07, 6.45) is 0.918. The Morgan fingerprint density at radius 2 is 2.04 bits per heavy atom. The van der Waals surface area contributed by atoms with Crippen LogP contribution in [0.25, 0.3) is 10.2 Å². The van der Waals surface area contributed by atoms with Gasteiger partial charge in [-0.3, -0.25) is 9.69 Å². The fourth-order valence-corrected chi connectivity index (χ4v) is 5.51. The third kappa shape index (κ3) is 4.02. The number of carbonyl (C=O) groups excluding carboxylic acids is 1. The fraction of sp³-hybridized carbons (Fsp3) is 0.333. The topological polar surface area (TPSA) is 36.4 Å². The molecular weight excluding hydrogens is 469 g/mol. The molecule has 4 rings (SSSR count). The fourth-order valence-electron chi connectivity index (χ4n) is 3.69. The molecule has 0 N–H and O–H groups in total. The average Bonchev–Trinajstić information content (AvgIpc) is 3.07. The summed E-state index contributed by atoms with van der Waals surface area (Å²) < 4.78 is 2.50. The van der Waals surface area contributed by atoms with Crippen molar-refractivity contribution in [2.75, 3.05) is 18.0 Å². The first kappa shape index (κ1) is 18.8. The highest BCUT2D eigenvalue weighted by Crippen LogP contribution is 2.33. The molecule has 27 heavy (non-hydrogen) atoms. The quantitative estimate of drug-likeness (QED) is 0.388. The number of nitrogens with zero attached hydrogens (tertiary/aromatic N) is 3. The van der Waals surface area contributed by atoms with E-state index in [4.69, 9.17) is 4.98 Å². The Kier molecular flexibility index (Phi) is 5.48. The molecular formula is C21H22IN3OS. The standard InChI is InChI=1S/C21H22IN3OS/c1-14-11-25(21-23-19-7-6-18(22)9-20(19)27-21)15(2)10-24(14)12-16-4-3-5-17(8-16)13-26/h3-9,13-15H,10-12H2,1-2H3. The maximum absolute atomic E-state index is 11.0. The summed E-state index contributed by atoms with van der Waals surface area (Å²) in [5.41, 5.74) is 3.03. The van der Waals surface area contributed by atoms with Gasteiger partial charge in [-0.05, 0) is 66.3 Å². The van der Waals surface area contributed by atoms with E-state index in [1.807, 2.05) is 18.2 Å². The molecule has 4 nitrogen and oxygen atoms in total. The van der Waals surface area contributed by atoms with Crippen molar-refractivity contribution >= 4 is 55.6 Å². The van der Waals surface area contributed by atoms with E-state index in [1.165, 1.54) is 13.8 Å². The Balaban J connectivity index is 1.51. The number of aromatic nitrogens is 1. The number of aldehydes is 1. The minimum absolute atomic E-state index is 0.398. The van der Waals surface area contributed by atoms with Crippen molar-refractivity contribution in [2.45, 2.75) is 32.5 Å². The molecule has 2 aromatic carbocycles. The molecule has 2 atom stereocenters. The normalized spacial score (nSPS) is 20.9. The molecule has 0 saturated carbocycles. The van der Waals surface area contributed by atoms with Crippen LogP contribution < -0.4 is 4.90 Å². The first-order valence-corrected chi connectivity index (χ1v) is 11.0. The summed E-state index contributed by atoms with van der Waals surface area (Å²) >= 11 is 4.14. The van der Waals surface area contributed by atoms with Crippen molar-refractivity contribution in [3.05, 3.63) is 57.2 Å². The van der Waals surface area contributed by atoms with Gasteiger partial charge in [0.25, 0.3) is 0 Å². The van der Waals surface area contributed by atoms with E-state index in [2.05, 4.69) is 70.5 Å². The van der Waals surface area contributed by atoms with Crippen molar-refractivity contribution in [3.63, 3.8) is 0 Å². The number of halogens is 1. The van der Waals surface area contributed by atoms with Gasteiger partial charge < -0.3 is 4.90 Å². The van der Waals surface area contributed by atoms with Crippen LogP contribution >= 0.6 is 33.9 Å². The Morgan fingerprint density at radius 3 is 2.85 bits per heavy atom.